The van der Waals surface area contributed by atoms with Crippen molar-refractivity contribution in [1.82, 2.24) is 9.80 Å². The highest BCUT2D eigenvalue weighted by Gasteiger charge is 2.35. The molecule has 0 aliphatic carbocycles. The Bertz CT molecular complexity index is 754. The number of morpholine rings is 1. The van der Waals surface area contributed by atoms with Gasteiger partial charge in [-0.2, -0.15) is 0 Å². The van der Waals surface area contributed by atoms with Crippen LogP contribution in [0.5, 0.6) is 0 Å². The molecular weight excluding hydrogens is 347 g/mol. The van der Waals surface area contributed by atoms with Crippen LogP contribution in [0.25, 0.3) is 0 Å². The Morgan fingerprint density at radius 2 is 2.07 bits per heavy atom. The number of carboxylic acids is 1. The molecule has 6 heteroatoms. The second kappa shape index (κ2) is 8.57. The fourth-order valence-corrected chi connectivity index (χ4v) is 3.91. The summed E-state index contributed by atoms with van der Waals surface area (Å²) in [5.74, 6) is -0.158. The van der Waals surface area contributed by atoms with Gasteiger partial charge in [0.2, 0.25) is 0 Å². The lowest BCUT2D eigenvalue weighted by atomic mass is 9.92. The molecule has 1 unspecified atom stereocenters. The SMILES string of the molecule is CCCC1C(C(=O)O)=C(C)C=C(N2CCOCC2)N1Cc1cccc(F)c1. The molecular formula is C21H27FN2O3. The Labute approximate surface area is 159 Å². The second-order valence-electron chi connectivity index (χ2n) is 7.07. The average Bonchev–Trinajstić information content (AvgIpc) is 2.64. The van der Waals surface area contributed by atoms with Gasteiger partial charge in [-0.1, -0.05) is 25.5 Å². The van der Waals surface area contributed by atoms with E-state index in [1.54, 1.807) is 6.07 Å². The smallest absolute Gasteiger partial charge is 0.333 e. The average molecular weight is 374 g/mol. The summed E-state index contributed by atoms with van der Waals surface area (Å²) < 4.78 is 19.2. The molecule has 3 rings (SSSR count). The summed E-state index contributed by atoms with van der Waals surface area (Å²) in [4.78, 5) is 16.3. The standard InChI is InChI=1S/C21H27FN2O3/c1-3-5-18-20(21(25)26)15(2)12-19(23-8-10-27-11-9-23)24(18)14-16-6-4-7-17(22)13-16/h4,6-7,12-13,18H,3,5,8-11,14H2,1-2H3,(H,25,26). The highest BCUT2D eigenvalue weighted by atomic mass is 19.1. The Morgan fingerprint density at radius 3 is 2.70 bits per heavy atom. The van der Waals surface area contributed by atoms with E-state index in [9.17, 15) is 14.3 Å². The maximum Gasteiger partial charge on any atom is 0.333 e. The van der Waals surface area contributed by atoms with E-state index in [1.165, 1.54) is 12.1 Å². The third-order valence-corrected chi connectivity index (χ3v) is 5.14. The van der Waals surface area contributed by atoms with Crippen LogP contribution in [0.3, 0.4) is 0 Å². The van der Waals surface area contributed by atoms with Gasteiger partial charge in [-0.3, -0.25) is 0 Å². The predicted molar refractivity (Wildman–Crippen MR) is 101 cm³/mol. The summed E-state index contributed by atoms with van der Waals surface area (Å²) >= 11 is 0. The van der Waals surface area contributed by atoms with Crippen LogP contribution in [-0.2, 0) is 16.1 Å². The molecule has 2 heterocycles. The summed E-state index contributed by atoms with van der Waals surface area (Å²) in [6.07, 6.45) is 3.56. The Morgan fingerprint density at radius 1 is 1.33 bits per heavy atom. The van der Waals surface area contributed by atoms with Crippen LogP contribution >= 0.6 is 0 Å². The van der Waals surface area contributed by atoms with Crippen LogP contribution < -0.4 is 0 Å². The van der Waals surface area contributed by atoms with Crippen molar-refractivity contribution in [3.63, 3.8) is 0 Å². The number of ether oxygens (including phenoxy) is 1. The van der Waals surface area contributed by atoms with E-state index in [1.807, 2.05) is 19.1 Å². The first-order valence-corrected chi connectivity index (χ1v) is 9.50. The Hall–Kier alpha value is -2.34. The molecule has 146 valence electrons. The zero-order chi connectivity index (χ0) is 19.4. The molecule has 2 aliphatic heterocycles. The van der Waals surface area contributed by atoms with Crippen molar-refractivity contribution in [2.75, 3.05) is 26.3 Å². The largest absolute Gasteiger partial charge is 0.478 e. The molecule has 0 aromatic heterocycles. The van der Waals surface area contributed by atoms with Crippen LogP contribution in [0.15, 0.2) is 47.3 Å². The molecule has 1 atom stereocenters. The van der Waals surface area contributed by atoms with Crippen LogP contribution in [0.4, 0.5) is 4.39 Å². The van der Waals surface area contributed by atoms with E-state index in [4.69, 9.17) is 4.74 Å². The molecule has 1 saturated heterocycles. The number of benzene rings is 1. The van der Waals surface area contributed by atoms with Crippen molar-refractivity contribution < 1.29 is 19.0 Å². The van der Waals surface area contributed by atoms with Crippen LogP contribution in [0.2, 0.25) is 0 Å². The zero-order valence-corrected chi connectivity index (χ0v) is 15.9. The number of carbonyl (C=O) groups is 1. The fourth-order valence-electron chi connectivity index (χ4n) is 3.91. The van der Waals surface area contributed by atoms with Gasteiger partial charge in [0.15, 0.2) is 0 Å². The van der Waals surface area contributed by atoms with E-state index < -0.39 is 5.97 Å². The van der Waals surface area contributed by atoms with Gasteiger partial charge in [-0.15, -0.1) is 0 Å². The molecule has 1 aromatic carbocycles. The molecule has 2 aliphatic rings. The zero-order valence-electron chi connectivity index (χ0n) is 15.9. The molecule has 5 nitrogen and oxygen atoms in total. The highest BCUT2D eigenvalue weighted by Crippen LogP contribution is 2.33. The fraction of sp³-hybridized carbons (Fsp3) is 0.476. The van der Waals surface area contributed by atoms with E-state index >= 15 is 0 Å². The number of nitrogens with zero attached hydrogens (tertiary/aromatic N) is 2. The summed E-state index contributed by atoms with van der Waals surface area (Å²) in [6.45, 7) is 7.22. The Balaban J connectivity index is 2.02. The normalized spacial score (nSPS) is 20.7. The number of rotatable bonds is 6. The molecule has 27 heavy (non-hydrogen) atoms. The van der Waals surface area contributed by atoms with Crippen LogP contribution in [-0.4, -0.2) is 53.2 Å². The van der Waals surface area contributed by atoms with Gasteiger partial charge in [0, 0.05) is 19.6 Å². The van der Waals surface area contributed by atoms with Gasteiger partial charge < -0.3 is 19.6 Å². The van der Waals surface area contributed by atoms with Gasteiger partial charge in [-0.25, -0.2) is 9.18 Å². The first-order chi connectivity index (χ1) is 13.0. The lowest BCUT2D eigenvalue weighted by Gasteiger charge is -2.45. The molecule has 0 spiro atoms. The minimum Gasteiger partial charge on any atom is -0.478 e. The minimum absolute atomic E-state index is 0.237. The molecule has 1 aromatic rings. The first-order valence-electron chi connectivity index (χ1n) is 9.50. The third kappa shape index (κ3) is 4.33. The summed E-state index contributed by atoms with van der Waals surface area (Å²) in [5, 5.41) is 9.82. The molecule has 0 radical (unpaired) electrons. The van der Waals surface area contributed by atoms with Crippen molar-refractivity contribution in [3.8, 4) is 0 Å². The number of hydrogen-bond acceptors (Lipinski definition) is 4. The van der Waals surface area contributed by atoms with Crippen LogP contribution in [0.1, 0.15) is 32.3 Å². The number of carboxylic acid groups (broad SMARTS) is 1. The molecule has 0 amide bonds. The number of aliphatic carboxylic acids is 1. The minimum atomic E-state index is -0.882. The highest BCUT2D eigenvalue weighted by molar-refractivity contribution is 5.90. The van der Waals surface area contributed by atoms with E-state index in [0.29, 0.717) is 25.3 Å². The van der Waals surface area contributed by atoms with Gasteiger partial charge in [0.05, 0.1) is 24.8 Å². The third-order valence-electron chi connectivity index (χ3n) is 5.14. The molecule has 0 saturated carbocycles. The van der Waals surface area contributed by atoms with Gasteiger partial charge in [0.25, 0.3) is 0 Å². The van der Waals surface area contributed by atoms with Crippen LogP contribution in [0, 0.1) is 5.82 Å². The summed E-state index contributed by atoms with van der Waals surface area (Å²) in [5.41, 5.74) is 2.06. The number of hydrogen-bond donors (Lipinski definition) is 1. The maximum absolute atomic E-state index is 13.7. The van der Waals surface area contributed by atoms with E-state index in [0.717, 1.165) is 42.9 Å². The topological polar surface area (TPSA) is 53.0 Å². The predicted octanol–water partition coefficient (Wildman–Crippen LogP) is 3.38. The molecule has 1 fully saturated rings. The quantitative estimate of drug-likeness (QED) is 0.827. The van der Waals surface area contributed by atoms with Crippen molar-refractivity contribution >= 4 is 5.97 Å². The van der Waals surface area contributed by atoms with Crippen molar-refractivity contribution in [3.05, 3.63) is 58.7 Å². The monoisotopic (exact) mass is 374 g/mol. The Kier molecular flexibility index (Phi) is 6.16. The summed E-state index contributed by atoms with van der Waals surface area (Å²) in [7, 11) is 0. The lowest BCUT2D eigenvalue weighted by molar-refractivity contribution is -0.133. The molecule has 1 N–H and O–H groups in total. The van der Waals surface area contributed by atoms with Crippen molar-refractivity contribution in [2.24, 2.45) is 0 Å². The second-order valence-corrected chi connectivity index (χ2v) is 7.07. The van der Waals surface area contributed by atoms with Crippen molar-refractivity contribution in [2.45, 2.75) is 39.3 Å². The first kappa shape index (κ1) is 19.4. The van der Waals surface area contributed by atoms with Gasteiger partial charge >= 0.3 is 5.97 Å². The molecule has 0 bridgehead atoms. The van der Waals surface area contributed by atoms with E-state index in [2.05, 4.69) is 16.7 Å². The number of halogens is 1. The van der Waals surface area contributed by atoms with Gasteiger partial charge in [-0.05, 0) is 42.7 Å². The maximum atomic E-state index is 13.7. The van der Waals surface area contributed by atoms with E-state index in [-0.39, 0.29) is 11.9 Å². The van der Waals surface area contributed by atoms with Gasteiger partial charge in [0.1, 0.15) is 11.6 Å². The lowest BCUT2D eigenvalue weighted by Crippen LogP contribution is -2.48. The number of allylic oxidation sites excluding steroid dienone is 2. The summed E-state index contributed by atoms with van der Waals surface area (Å²) in [6, 6.07) is 6.29. The van der Waals surface area contributed by atoms with Crippen molar-refractivity contribution in [1.29, 1.82) is 0 Å².